The largest absolute Gasteiger partial charge is 0.468 e. The van der Waals surface area contributed by atoms with Crippen LogP contribution in [0.1, 0.15) is 52.4 Å². The van der Waals surface area contributed by atoms with Crippen LogP contribution in [0.5, 0.6) is 0 Å². The highest BCUT2D eigenvalue weighted by Crippen LogP contribution is 2.15. The number of hydrogen-bond donors (Lipinski definition) is 0. The molecule has 88 valence electrons. The Hall–Kier alpha value is -0.860. The minimum Gasteiger partial charge on any atom is -0.468 e. The second-order valence-corrected chi connectivity index (χ2v) is 3.79. The number of esters is 1. The van der Waals surface area contributed by atoms with Gasteiger partial charge in [-0.05, 0) is 12.8 Å². The van der Waals surface area contributed by atoms with Crippen molar-refractivity contribution in [3.8, 4) is 0 Å². The number of Topliss-reactive ketones (excluding diaryl/α,β-unsaturated/α-hetero) is 1. The van der Waals surface area contributed by atoms with Gasteiger partial charge in [0.15, 0.2) is 0 Å². The van der Waals surface area contributed by atoms with Gasteiger partial charge in [-0.25, -0.2) is 0 Å². The molecular formula is C12H22O3. The van der Waals surface area contributed by atoms with E-state index >= 15 is 0 Å². The molecule has 0 aliphatic heterocycles. The Labute approximate surface area is 92.2 Å². The van der Waals surface area contributed by atoms with Crippen LogP contribution < -0.4 is 0 Å². The minimum absolute atomic E-state index is 0.0390. The van der Waals surface area contributed by atoms with E-state index in [0.29, 0.717) is 12.8 Å². The Balaban J connectivity index is 4.20. The predicted octanol–water partition coefficient (Wildman–Crippen LogP) is 2.73. The van der Waals surface area contributed by atoms with Crippen molar-refractivity contribution in [1.82, 2.24) is 0 Å². The summed E-state index contributed by atoms with van der Waals surface area (Å²) >= 11 is 0. The highest BCUT2D eigenvalue weighted by atomic mass is 16.5. The Kier molecular flexibility index (Phi) is 7.96. The number of ketones is 1. The standard InChI is InChI=1S/C12H22O3/c1-4-6-8-10(12(14)15-3)11(13)9-7-5-2/h10H,4-9H2,1-3H3. The number of unbranched alkanes of at least 4 members (excludes halogenated alkanes) is 2. The molecule has 0 N–H and O–H groups in total. The lowest BCUT2D eigenvalue weighted by Crippen LogP contribution is -2.25. The smallest absolute Gasteiger partial charge is 0.316 e. The summed E-state index contributed by atoms with van der Waals surface area (Å²) in [5.74, 6) is -0.858. The topological polar surface area (TPSA) is 43.4 Å². The van der Waals surface area contributed by atoms with Gasteiger partial charge in [-0.1, -0.05) is 33.1 Å². The molecule has 15 heavy (non-hydrogen) atoms. The van der Waals surface area contributed by atoms with Gasteiger partial charge >= 0.3 is 5.97 Å². The van der Waals surface area contributed by atoms with Crippen LogP contribution in [0.15, 0.2) is 0 Å². The van der Waals surface area contributed by atoms with Gasteiger partial charge in [0.25, 0.3) is 0 Å². The SMILES string of the molecule is CCCCC(=O)C(CCCC)C(=O)OC. The fourth-order valence-electron chi connectivity index (χ4n) is 1.49. The molecule has 0 rings (SSSR count). The quantitative estimate of drug-likeness (QED) is 0.461. The zero-order valence-electron chi connectivity index (χ0n) is 10.0. The second kappa shape index (κ2) is 8.45. The average Bonchev–Trinajstić information content (AvgIpc) is 2.26. The van der Waals surface area contributed by atoms with E-state index < -0.39 is 5.92 Å². The molecule has 3 heteroatoms. The summed E-state index contributed by atoms with van der Waals surface area (Å²) in [5.41, 5.74) is 0. The Bertz CT molecular complexity index is 199. The summed E-state index contributed by atoms with van der Waals surface area (Å²) in [7, 11) is 1.34. The maximum Gasteiger partial charge on any atom is 0.316 e. The molecule has 0 aliphatic carbocycles. The molecule has 0 saturated carbocycles. The first-order valence-electron chi connectivity index (χ1n) is 5.77. The fraction of sp³-hybridized carbons (Fsp3) is 0.833. The summed E-state index contributed by atoms with van der Waals surface area (Å²) in [6, 6.07) is 0. The molecule has 0 fully saturated rings. The van der Waals surface area contributed by atoms with Gasteiger partial charge in [0.1, 0.15) is 11.7 Å². The molecular weight excluding hydrogens is 192 g/mol. The molecule has 0 heterocycles. The molecule has 0 aromatic rings. The maximum atomic E-state index is 11.7. The van der Waals surface area contributed by atoms with E-state index in [2.05, 4.69) is 4.74 Å². The van der Waals surface area contributed by atoms with E-state index in [0.717, 1.165) is 25.7 Å². The lowest BCUT2D eigenvalue weighted by Gasteiger charge is -2.12. The predicted molar refractivity (Wildman–Crippen MR) is 59.6 cm³/mol. The number of carbonyl (C=O) groups excluding carboxylic acids is 2. The monoisotopic (exact) mass is 214 g/mol. The molecule has 1 atom stereocenters. The zero-order chi connectivity index (χ0) is 11.7. The highest BCUT2D eigenvalue weighted by Gasteiger charge is 2.25. The third-order valence-corrected chi connectivity index (χ3v) is 2.50. The van der Waals surface area contributed by atoms with E-state index in [-0.39, 0.29) is 11.8 Å². The normalized spacial score (nSPS) is 12.2. The first-order valence-corrected chi connectivity index (χ1v) is 5.77. The van der Waals surface area contributed by atoms with Crippen molar-refractivity contribution in [3.63, 3.8) is 0 Å². The van der Waals surface area contributed by atoms with Crippen LogP contribution >= 0.6 is 0 Å². The second-order valence-electron chi connectivity index (χ2n) is 3.79. The Morgan fingerprint density at radius 1 is 1.13 bits per heavy atom. The van der Waals surface area contributed by atoms with Crippen molar-refractivity contribution in [2.24, 2.45) is 5.92 Å². The van der Waals surface area contributed by atoms with Crippen LogP contribution in [0.3, 0.4) is 0 Å². The molecule has 0 amide bonds. The first-order chi connectivity index (χ1) is 7.17. The summed E-state index contributed by atoms with van der Waals surface area (Å²) in [6.45, 7) is 4.08. The van der Waals surface area contributed by atoms with Crippen molar-refractivity contribution >= 4 is 11.8 Å². The van der Waals surface area contributed by atoms with E-state index in [1.54, 1.807) is 0 Å². The van der Waals surface area contributed by atoms with Crippen LogP contribution in [0.4, 0.5) is 0 Å². The molecule has 0 bridgehead atoms. The van der Waals surface area contributed by atoms with Gasteiger partial charge < -0.3 is 4.74 Å². The molecule has 0 aromatic heterocycles. The van der Waals surface area contributed by atoms with Crippen molar-refractivity contribution in [2.45, 2.75) is 52.4 Å². The lowest BCUT2D eigenvalue weighted by molar-refractivity contribution is -0.149. The van der Waals surface area contributed by atoms with Gasteiger partial charge in [-0.15, -0.1) is 0 Å². The van der Waals surface area contributed by atoms with Gasteiger partial charge in [-0.2, -0.15) is 0 Å². The average molecular weight is 214 g/mol. The van der Waals surface area contributed by atoms with Crippen LogP contribution in [-0.2, 0) is 14.3 Å². The summed E-state index contributed by atoms with van der Waals surface area (Å²) in [4.78, 5) is 23.1. The third kappa shape index (κ3) is 5.55. The maximum absolute atomic E-state index is 11.7. The minimum atomic E-state index is -0.526. The lowest BCUT2D eigenvalue weighted by atomic mass is 9.94. The van der Waals surface area contributed by atoms with Crippen LogP contribution in [0.25, 0.3) is 0 Å². The highest BCUT2D eigenvalue weighted by molar-refractivity contribution is 5.98. The molecule has 0 saturated heterocycles. The summed E-state index contributed by atoms with van der Waals surface area (Å²) in [6.07, 6.45) is 4.86. The van der Waals surface area contributed by atoms with E-state index in [1.165, 1.54) is 7.11 Å². The number of carbonyl (C=O) groups is 2. The van der Waals surface area contributed by atoms with Crippen molar-refractivity contribution in [2.75, 3.05) is 7.11 Å². The summed E-state index contributed by atoms with van der Waals surface area (Å²) in [5, 5.41) is 0. The van der Waals surface area contributed by atoms with Gasteiger partial charge in [0.05, 0.1) is 7.11 Å². The van der Waals surface area contributed by atoms with Crippen molar-refractivity contribution in [3.05, 3.63) is 0 Å². The zero-order valence-corrected chi connectivity index (χ0v) is 10.0. The van der Waals surface area contributed by atoms with Crippen LogP contribution in [-0.4, -0.2) is 18.9 Å². The summed E-state index contributed by atoms with van der Waals surface area (Å²) < 4.78 is 4.65. The number of methoxy groups -OCH3 is 1. The Morgan fingerprint density at radius 2 is 1.73 bits per heavy atom. The van der Waals surface area contributed by atoms with E-state index in [4.69, 9.17) is 0 Å². The Morgan fingerprint density at radius 3 is 2.20 bits per heavy atom. The first kappa shape index (κ1) is 14.1. The molecule has 0 aromatic carbocycles. The van der Waals surface area contributed by atoms with E-state index in [1.807, 2.05) is 13.8 Å². The van der Waals surface area contributed by atoms with E-state index in [9.17, 15) is 9.59 Å². The number of hydrogen-bond acceptors (Lipinski definition) is 3. The third-order valence-electron chi connectivity index (χ3n) is 2.50. The van der Waals surface area contributed by atoms with Crippen molar-refractivity contribution < 1.29 is 14.3 Å². The molecule has 1 unspecified atom stereocenters. The van der Waals surface area contributed by atoms with Gasteiger partial charge in [-0.3, -0.25) is 9.59 Å². The fourth-order valence-corrected chi connectivity index (χ4v) is 1.49. The van der Waals surface area contributed by atoms with Gasteiger partial charge in [0.2, 0.25) is 0 Å². The molecule has 0 radical (unpaired) electrons. The van der Waals surface area contributed by atoms with Gasteiger partial charge in [0, 0.05) is 6.42 Å². The number of ether oxygens (including phenoxy) is 1. The molecule has 3 nitrogen and oxygen atoms in total. The number of rotatable bonds is 8. The van der Waals surface area contributed by atoms with Crippen molar-refractivity contribution in [1.29, 1.82) is 0 Å². The molecule has 0 spiro atoms. The van der Waals surface area contributed by atoms with Crippen LogP contribution in [0, 0.1) is 5.92 Å². The molecule has 0 aliphatic rings. The van der Waals surface area contributed by atoms with Crippen LogP contribution in [0.2, 0.25) is 0 Å².